The van der Waals surface area contributed by atoms with Gasteiger partial charge in [0.25, 0.3) is 0 Å². The molecule has 0 saturated carbocycles. The molecule has 134 valence electrons. The van der Waals surface area contributed by atoms with E-state index in [0.29, 0.717) is 17.3 Å². The molecule has 0 saturated heterocycles. The summed E-state index contributed by atoms with van der Waals surface area (Å²) in [5.41, 5.74) is 1.19. The molecule has 2 heterocycles. The van der Waals surface area contributed by atoms with Gasteiger partial charge in [-0.2, -0.15) is 17.7 Å². The molecule has 42 heavy (non-hydrogen) atoms. The van der Waals surface area contributed by atoms with Crippen LogP contribution < -0.4 is 349 Å². The van der Waals surface area contributed by atoms with E-state index in [1.807, 2.05) is 44.2 Å². The third kappa shape index (κ3) is 77.8. The minimum absolute atomic E-state index is 0. The molecule has 1 amide bonds. The number of hydrogen-bond donors (Lipinski definition) is 0. The van der Waals surface area contributed by atoms with Crippen LogP contribution >= 0.6 is 0 Å². The second-order valence-corrected chi connectivity index (χ2v) is 4.13. The molecule has 2 aromatic rings. The molecule has 3 rings (SSSR count). The van der Waals surface area contributed by atoms with Gasteiger partial charge in [-0.25, -0.2) is 6.07 Å². The summed E-state index contributed by atoms with van der Waals surface area (Å²) in [6, 6.07) is 13.5. The van der Waals surface area contributed by atoms with Gasteiger partial charge in [0.15, 0.2) is 0 Å². The monoisotopic (exact) mass is 1990 g/mol. The molecule has 0 unspecified atom stereocenters. The Balaban J connectivity index is -0.0000000259. The fourth-order valence-corrected chi connectivity index (χ4v) is 1.70. The molecular weight excluding hydrogens is 1990 g/mol. The van der Waals surface area contributed by atoms with Crippen molar-refractivity contribution in [2.45, 2.75) is 26.8 Å². The Hall–Kier alpha value is 33.5. The van der Waals surface area contributed by atoms with Crippen LogP contribution in [0.3, 0.4) is 0 Å². The topological polar surface area (TPSA) is 72.3 Å². The molecule has 0 bridgehead atoms. The number of benzene rings is 1. The van der Waals surface area contributed by atoms with Gasteiger partial charge in [-0.15, -0.1) is 0 Å². The van der Waals surface area contributed by atoms with Crippen molar-refractivity contribution in [3.05, 3.63) is 65.8 Å². The molecule has 0 radical (unpaired) electrons. The molecule has 1 aromatic heterocycles. The Labute approximate surface area is 898 Å². The van der Waals surface area contributed by atoms with Crippen molar-refractivity contribution in [3.8, 4) is 0 Å². The van der Waals surface area contributed by atoms with Gasteiger partial charge in [0, 0.05) is 0 Å². The van der Waals surface area contributed by atoms with Crippen LogP contribution in [0, 0.1) is 13.5 Å². The first-order valence-corrected chi connectivity index (χ1v) is 252. The van der Waals surface area contributed by atoms with E-state index in [-0.39, 0.29) is 364 Å². The molecule has 25 heteroatoms. The van der Waals surface area contributed by atoms with E-state index in [1.165, 1.54) is 0 Å². The van der Waals surface area contributed by atoms with Crippen molar-refractivity contribution in [2.75, 3.05) is 0 Å². The van der Waals surface area contributed by atoms with Crippen LogP contribution in [0.1, 0.15) is 22.2 Å². The van der Waals surface area contributed by atoms with E-state index in [9.17, 15) is 4.79 Å². The number of fused-ring (bicyclic) bond motifs is 1. The van der Waals surface area contributed by atoms with E-state index in [2.05, 4.69) is 27.0 Å². The van der Waals surface area contributed by atoms with Crippen molar-refractivity contribution in [1.82, 2.24) is 4.98 Å². The molecular formula is C17H20N4ORb20. The molecule has 1 aliphatic rings. The second kappa shape index (κ2) is 103. The molecule has 1 aromatic carbocycles. The summed E-state index contributed by atoms with van der Waals surface area (Å²) in [4.78, 5) is 15.7. The minimum atomic E-state index is -0.486. The van der Waals surface area contributed by atoms with Gasteiger partial charge >= 0.3 is 823 Å². The SMILES string of the molecule is CC.C[C@H]1[N-]c2nc([N-]c3ccccc3)c[c-]c2[N-]C1=O.[CH3-].[H-].[Rb+].[Rb+].[Rb+].[Rb+].[Rb+].[Rb+].[Rb][Rb].[Rb][Rb].[Rb][Rb].[Rb][Rb].[Rb][Rb].[Rb][Rb].[Rb][Rb]. The number of carbonyl (C=O) groups excluding carboxylic acids is 1. The predicted molar refractivity (Wildman–Crippen MR) is 172 cm³/mol. The van der Waals surface area contributed by atoms with Crippen molar-refractivity contribution in [1.29, 1.82) is 0 Å². The average Bonchev–Trinajstić information content (AvgIpc) is 2.99. The van der Waals surface area contributed by atoms with Crippen molar-refractivity contribution in [2.24, 2.45) is 0 Å². The molecule has 5 nitrogen and oxygen atoms in total. The molecule has 1 aliphatic heterocycles. The normalized spacial score (nSPS) is 9.21. The summed E-state index contributed by atoms with van der Waals surface area (Å²) in [7, 11) is 0. The number of nitrogens with zero attached hydrogens (tertiary/aromatic N) is 4. The van der Waals surface area contributed by atoms with Crippen LogP contribution in [0.4, 0.5) is 23.0 Å². The van der Waals surface area contributed by atoms with Crippen LogP contribution in [0.5, 0.6) is 0 Å². The number of carbonyl (C=O) groups is 1. The molecule has 0 aliphatic carbocycles. The Morgan fingerprint density at radius 3 is 1.45 bits per heavy atom. The summed E-state index contributed by atoms with van der Waals surface area (Å²) >= 11 is 16.2. The zero-order chi connectivity index (χ0) is 29.2. The number of amides is 1. The van der Waals surface area contributed by atoms with Crippen molar-refractivity contribution >= 4 is 503 Å². The molecule has 0 N–H and O–H groups in total. The van der Waals surface area contributed by atoms with Gasteiger partial charge in [-0.1, -0.05) is 56.8 Å². The quantitative estimate of drug-likeness (QED) is 0.281. The average molecular weight is 2010 g/mol. The summed E-state index contributed by atoms with van der Waals surface area (Å²) in [6.07, 6.45) is 0. The number of pyridine rings is 1. The van der Waals surface area contributed by atoms with Crippen molar-refractivity contribution < 1.29 is 355 Å². The maximum atomic E-state index is 11.4. The predicted octanol–water partition coefficient (Wildman–Crippen LogP) is -17.6. The van der Waals surface area contributed by atoms with Crippen LogP contribution in [0.15, 0.2) is 36.4 Å². The van der Waals surface area contributed by atoms with E-state index in [0.717, 1.165) is 480 Å². The fraction of sp³-hybridized carbons (Fsp3) is 0.235. The number of para-hydroxylation sites is 1. The fourth-order valence-electron chi connectivity index (χ4n) is 1.70. The Bertz CT molecular complexity index is 662. The van der Waals surface area contributed by atoms with Gasteiger partial charge in [0.1, 0.15) is 0 Å². The van der Waals surface area contributed by atoms with E-state index < -0.39 is 6.04 Å². The van der Waals surface area contributed by atoms with Crippen LogP contribution in [0.2, 0.25) is 0 Å². The van der Waals surface area contributed by atoms with Crippen LogP contribution in [-0.2, 0) is 4.79 Å². The second-order valence-electron chi connectivity index (χ2n) is 4.13. The van der Waals surface area contributed by atoms with Gasteiger partial charge in [0.2, 0.25) is 0 Å². The zero-order valence-corrected chi connectivity index (χ0v) is 132. The summed E-state index contributed by atoms with van der Waals surface area (Å²) in [5.74, 6) is 0.660. The van der Waals surface area contributed by atoms with E-state index in [1.54, 1.807) is 13.0 Å². The van der Waals surface area contributed by atoms with Gasteiger partial charge in [-0.05, 0) is 6.04 Å². The molecule has 0 spiro atoms. The first-order valence-electron chi connectivity index (χ1n) is 13.9. The zero-order valence-electron chi connectivity index (χ0n) is 34.2. The third-order valence-corrected chi connectivity index (χ3v) is 2.67. The van der Waals surface area contributed by atoms with Gasteiger partial charge < -0.3 is 34.6 Å². The Morgan fingerprint density at radius 2 is 1.10 bits per heavy atom. The van der Waals surface area contributed by atoms with E-state index >= 15 is 0 Å². The number of aromatic nitrogens is 1. The number of rotatable bonds is 2. The van der Waals surface area contributed by atoms with Crippen LogP contribution in [0.25, 0.3) is 16.0 Å². The van der Waals surface area contributed by atoms with Gasteiger partial charge in [-0.3, -0.25) is 5.69 Å². The third-order valence-electron chi connectivity index (χ3n) is 2.67. The molecule has 1 atom stereocenters. The Kier molecular flexibility index (Phi) is 263. The van der Waals surface area contributed by atoms with Gasteiger partial charge in [0.05, 0.1) is 5.91 Å². The maximum absolute atomic E-state index is 11.4. The van der Waals surface area contributed by atoms with Crippen LogP contribution in [-0.4, -0.2) is 491 Å². The van der Waals surface area contributed by atoms with E-state index in [4.69, 9.17) is 0 Å². The summed E-state index contributed by atoms with van der Waals surface area (Å²) < 4.78 is 0. The first kappa shape index (κ1) is 107. The summed E-state index contributed by atoms with van der Waals surface area (Å²) in [5, 5.41) is 12.4. The van der Waals surface area contributed by atoms with Crippen molar-refractivity contribution in [3.63, 3.8) is 0 Å². The standard InChI is InChI=1S/C14H11N4O.C2H6.CH3.20Rb.H/c1-9-14(19)17-11-7-8-12(18-13(11)15-9)16-10-5-3-2-4-6-10;1-2;;;;;;;;;;;;;;;;;;;;;;/h2-6,8-9H,1H3,(H-2,15,16,17,18,19);1-2H3;1H3;;;;;;;;;;;;;;;;;;;;;/q-3;;-1;;;;;;;;;;;;;;;6*+1;-1/p-1/t9-;;;;;;;;;;;;;;;;;;;;;;;/m1......................./s1. The number of hydrogen-bond acceptors (Lipinski definition) is 2. The Morgan fingerprint density at radius 1 is 0.738 bits per heavy atom. The first-order chi connectivity index (χ1) is 17.2. The molecule has 0 fully saturated rings. The summed E-state index contributed by atoms with van der Waals surface area (Å²) in [6.45, 7) is 5.69.